The number of hydrogen-bond donors (Lipinski definition) is 3. The number of carbonyl (C=O) groups is 3. The molecule has 0 aromatic heterocycles. The van der Waals surface area contributed by atoms with Crippen molar-refractivity contribution in [1.29, 1.82) is 0 Å². The topological polar surface area (TPSA) is 129 Å². The van der Waals surface area contributed by atoms with E-state index in [0.29, 0.717) is 32.1 Å². The van der Waals surface area contributed by atoms with E-state index in [2.05, 4.69) is 10.6 Å². The molecule has 0 aliphatic heterocycles. The predicted octanol–water partition coefficient (Wildman–Crippen LogP) is 0.937. The van der Waals surface area contributed by atoms with Crippen molar-refractivity contribution in [1.82, 2.24) is 10.6 Å². The van der Waals surface area contributed by atoms with Gasteiger partial charge >= 0.3 is 12.1 Å². The molecule has 4 N–H and O–H groups in total. The van der Waals surface area contributed by atoms with Crippen molar-refractivity contribution in [3.05, 3.63) is 28.8 Å². The molecule has 9 nitrogen and oxygen atoms in total. The Balaban J connectivity index is 2.38. The first kappa shape index (κ1) is 23.4. The van der Waals surface area contributed by atoms with Gasteiger partial charge in [0.2, 0.25) is 5.91 Å². The van der Waals surface area contributed by atoms with Crippen LogP contribution in [0.1, 0.15) is 30.0 Å². The van der Waals surface area contributed by atoms with Crippen LogP contribution in [0.2, 0.25) is 0 Å². The highest BCUT2D eigenvalue weighted by molar-refractivity contribution is 5.77. The molecule has 9 heteroatoms. The molecule has 1 aromatic carbocycles. The molecule has 28 heavy (non-hydrogen) atoms. The summed E-state index contributed by atoms with van der Waals surface area (Å²) in [4.78, 5) is 34.5. The van der Waals surface area contributed by atoms with Gasteiger partial charge in [-0.25, -0.2) is 4.79 Å². The molecule has 1 rings (SSSR count). The van der Waals surface area contributed by atoms with E-state index in [-0.39, 0.29) is 31.4 Å². The maximum atomic E-state index is 12.0. The maximum Gasteiger partial charge on any atom is 0.412 e. The zero-order valence-corrected chi connectivity index (χ0v) is 16.6. The summed E-state index contributed by atoms with van der Waals surface area (Å²) < 4.78 is 15.5. The summed E-state index contributed by atoms with van der Waals surface area (Å²) in [6.45, 7) is 6.93. The molecule has 0 saturated heterocycles. The molecule has 0 radical (unpaired) electrons. The maximum absolute atomic E-state index is 12.0. The van der Waals surface area contributed by atoms with Gasteiger partial charge in [-0.3, -0.25) is 9.59 Å². The normalized spacial score (nSPS) is 10.3. The van der Waals surface area contributed by atoms with Crippen molar-refractivity contribution in [3.8, 4) is 5.75 Å². The van der Waals surface area contributed by atoms with Crippen LogP contribution in [0.5, 0.6) is 5.75 Å². The standard InChI is InChI=1S/C19H29N3O6/c1-13-10-16(12-27-15(3)23)11-14(2)18(13)28-19(25)22-6-4-17(24)21-7-9-26-8-5-20/h10-11H,4-9,12,20H2,1-3H3,(H,21,24)(H,22,25). The predicted molar refractivity (Wildman–Crippen MR) is 103 cm³/mol. The van der Waals surface area contributed by atoms with Gasteiger partial charge in [0, 0.05) is 33.0 Å². The first-order valence-corrected chi connectivity index (χ1v) is 9.07. The molecular formula is C19H29N3O6. The highest BCUT2D eigenvalue weighted by atomic mass is 16.6. The fourth-order valence-electron chi connectivity index (χ4n) is 2.41. The van der Waals surface area contributed by atoms with Crippen molar-refractivity contribution in [3.63, 3.8) is 0 Å². The fourth-order valence-corrected chi connectivity index (χ4v) is 2.41. The Morgan fingerprint density at radius 3 is 2.32 bits per heavy atom. The highest BCUT2D eigenvalue weighted by Crippen LogP contribution is 2.25. The van der Waals surface area contributed by atoms with E-state index in [4.69, 9.17) is 19.9 Å². The van der Waals surface area contributed by atoms with Gasteiger partial charge in [-0.05, 0) is 42.7 Å². The van der Waals surface area contributed by atoms with Gasteiger partial charge in [-0.2, -0.15) is 0 Å². The number of amides is 2. The Kier molecular flexibility index (Phi) is 10.6. The lowest BCUT2D eigenvalue weighted by molar-refractivity contribution is -0.142. The van der Waals surface area contributed by atoms with Crippen LogP contribution in [-0.4, -0.2) is 50.8 Å². The number of nitrogens with two attached hydrogens (primary N) is 1. The van der Waals surface area contributed by atoms with Gasteiger partial charge in [0.05, 0.1) is 13.2 Å². The van der Waals surface area contributed by atoms with Crippen molar-refractivity contribution in [2.24, 2.45) is 5.73 Å². The Morgan fingerprint density at radius 2 is 1.71 bits per heavy atom. The number of benzene rings is 1. The van der Waals surface area contributed by atoms with Crippen LogP contribution in [0.25, 0.3) is 0 Å². The van der Waals surface area contributed by atoms with E-state index in [1.54, 1.807) is 26.0 Å². The average Bonchev–Trinajstić information content (AvgIpc) is 2.63. The van der Waals surface area contributed by atoms with E-state index >= 15 is 0 Å². The minimum atomic E-state index is -0.641. The lowest BCUT2D eigenvalue weighted by Crippen LogP contribution is -2.33. The zero-order chi connectivity index (χ0) is 20.9. The van der Waals surface area contributed by atoms with Crippen molar-refractivity contribution in [2.45, 2.75) is 33.8 Å². The number of hydrogen-bond acceptors (Lipinski definition) is 7. The van der Waals surface area contributed by atoms with Gasteiger partial charge in [0.15, 0.2) is 0 Å². The molecule has 0 spiro atoms. The van der Waals surface area contributed by atoms with Gasteiger partial charge in [-0.1, -0.05) is 0 Å². The summed E-state index contributed by atoms with van der Waals surface area (Å²) in [7, 11) is 0. The molecule has 0 atom stereocenters. The van der Waals surface area contributed by atoms with Gasteiger partial charge < -0.3 is 30.6 Å². The number of esters is 1. The molecule has 2 amide bonds. The molecule has 1 aromatic rings. The van der Waals surface area contributed by atoms with Crippen LogP contribution >= 0.6 is 0 Å². The summed E-state index contributed by atoms with van der Waals surface area (Å²) in [5, 5.41) is 5.22. The van der Waals surface area contributed by atoms with Crippen LogP contribution in [-0.2, 0) is 25.7 Å². The summed E-state index contributed by atoms with van der Waals surface area (Å²) in [5.74, 6) is -0.119. The van der Waals surface area contributed by atoms with Gasteiger partial charge in [0.1, 0.15) is 12.4 Å². The molecule has 0 bridgehead atoms. The van der Waals surface area contributed by atoms with E-state index in [0.717, 1.165) is 16.7 Å². The summed E-state index contributed by atoms with van der Waals surface area (Å²) >= 11 is 0. The number of rotatable bonds is 11. The van der Waals surface area contributed by atoms with Gasteiger partial charge in [0.25, 0.3) is 0 Å². The van der Waals surface area contributed by atoms with E-state index < -0.39 is 6.09 Å². The third kappa shape index (κ3) is 9.33. The zero-order valence-electron chi connectivity index (χ0n) is 16.6. The minimum Gasteiger partial charge on any atom is -0.461 e. The molecule has 0 saturated carbocycles. The first-order chi connectivity index (χ1) is 13.3. The number of aryl methyl sites for hydroxylation is 2. The number of ether oxygens (including phenoxy) is 3. The number of carbonyl (C=O) groups excluding carboxylic acids is 3. The molecule has 0 unspecified atom stereocenters. The molecule has 0 heterocycles. The van der Waals surface area contributed by atoms with E-state index in [1.807, 2.05) is 0 Å². The van der Waals surface area contributed by atoms with E-state index in [9.17, 15) is 14.4 Å². The third-order valence-corrected chi connectivity index (χ3v) is 3.61. The second-order valence-electron chi connectivity index (χ2n) is 6.16. The molecule has 0 aliphatic rings. The smallest absolute Gasteiger partial charge is 0.412 e. The number of nitrogens with one attached hydrogen (secondary N) is 2. The monoisotopic (exact) mass is 395 g/mol. The second-order valence-corrected chi connectivity index (χ2v) is 6.16. The molecule has 0 fully saturated rings. The largest absolute Gasteiger partial charge is 0.461 e. The van der Waals surface area contributed by atoms with Crippen molar-refractivity contribution in [2.75, 3.05) is 32.8 Å². The minimum absolute atomic E-state index is 0.130. The van der Waals surface area contributed by atoms with Crippen LogP contribution < -0.4 is 21.1 Å². The van der Waals surface area contributed by atoms with Crippen LogP contribution in [0, 0.1) is 13.8 Å². The van der Waals surface area contributed by atoms with E-state index in [1.165, 1.54) is 6.92 Å². The lowest BCUT2D eigenvalue weighted by atomic mass is 10.1. The quantitative estimate of drug-likeness (QED) is 0.375. The lowest BCUT2D eigenvalue weighted by Gasteiger charge is -2.13. The van der Waals surface area contributed by atoms with Crippen molar-refractivity contribution >= 4 is 18.0 Å². The highest BCUT2D eigenvalue weighted by Gasteiger charge is 2.12. The van der Waals surface area contributed by atoms with Crippen molar-refractivity contribution < 1.29 is 28.6 Å². The van der Waals surface area contributed by atoms with Crippen LogP contribution in [0.3, 0.4) is 0 Å². The summed E-state index contributed by atoms with van der Waals surface area (Å²) in [6.07, 6.45) is -0.510. The first-order valence-electron chi connectivity index (χ1n) is 9.07. The fraction of sp³-hybridized carbons (Fsp3) is 0.526. The molecular weight excluding hydrogens is 366 g/mol. The third-order valence-electron chi connectivity index (χ3n) is 3.61. The van der Waals surface area contributed by atoms with Crippen LogP contribution in [0.15, 0.2) is 12.1 Å². The Hall–Kier alpha value is -2.65. The Labute approximate surface area is 164 Å². The Bertz CT molecular complexity index is 655. The second kappa shape index (κ2) is 12.7. The molecule has 0 aliphatic carbocycles. The van der Waals surface area contributed by atoms with Gasteiger partial charge in [-0.15, -0.1) is 0 Å². The summed E-state index contributed by atoms with van der Waals surface area (Å²) in [5.41, 5.74) is 7.58. The van der Waals surface area contributed by atoms with Crippen LogP contribution in [0.4, 0.5) is 4.79 Å². The average molecular weight is 395 g/mol. The SMILES string of the molecule is CC(=O)OCc1cc(C)c(OC(=O)NCCC(=O)NCCOCCN)c(C)c1. The molecule has 156 valence electrons. The Morgan fingerprint density at radius 1 is 1.04 bits per heavy atom. The summed E-state index contributed by atoms with van der Waals surface area (Å²) in [6, 6.07) is 3.58.